The maximum Gasteiger partial charge on any atom is 0.268 e. The van der Waals surface area contributed by atoms with Crippen LogP contribution in [-0.2, 0) is 36.7 Å². The molecule has 34 heavy (non-hydrogen) atoms. The molecule has 1 aromatic carbocycles. The average Bonchev–Trinajstić information content (AvgIpc) is 3.41. The van der Waals surface area contributed by atoms with Crippen molar-refractivity contribution in [1.82, 2.24) is 33.7 Å². The number of benzene rings is 1. The van der Waals surface area contributed by atoms with Crippen LogP contribution in [0.4, 0.5) is 0 Å². The van der Waals surface area contributed by atoms with Crippen LogP contribution in [0.15, 0.2) is 47.9 Å². The van der Waals surface area contributed by atoms with E-state index in [1.54, 1.807) is 37.3 Å². The van der Waals surface area contributed by atoms with Crippen molar-refractivity contribution in [2.75, 3.05) is 6.54 Å². The number of hydrogen-bond acceptors (Lipinski definition) is 6. The zero-order valence-corrected chi connectivity index (χ0v) is 20.0. The van der Waals surface area contributed by atoms with Crippen molar-refractivity contribution in [1.29, 1.82) is 0 Å². The second-order valence-electron chi connectivity index (χ2n) is 8.41. The first kappa shape index (κ1) is 22.2. The number of rotatable bonds is 5. The fourth-order valence-electron chi connectivity index (χ4n) is 4.28. The third-order valence-corrected chi connectivity index (χ3v) is 8.30. The van der Waals surface area contributed by atoms with Crippen LogP contribution in [0.25, 0.3) is 10.9 Å². The van der Waals surface area contributed by atoms with Gasteiger partial charge in [-0.2, -0.15) is 4.31 Å². The number of fused-ring (bicyclic) bond motifs is 2. The summed E-state index contributed by atoms with van der Waals surface area (Å²) in [6.07, 6.45) is 5.14. The van der Waals surface area contributed by atoms with Crippen molar-refractivity contribution >= 4 is 26.8 Å². The second kappa shape index (κ2) is 8.33. The van der Waals surface area contributed by atoms with Gasteiger partial charge < -0.3 is 14.5 Å². The predicted molar refractivity (Wildman–Crippen MR) is 125 cm³/mol. The lowest BCUT2D eigenvalue weighted by molar-refractivity contribution is 0.0942. The summed E-state index contributed by atoms with van der Waals surface area (Å²) >= 11 is 0. The zero-order valence-electron chi connectivity index (χ0n) is 19.2. The first-order valence-corrected chi connectivity index (χ1v) is 12.3. The van der Waals surface area contributed by atoms with E-state index in [0.717, 1.165) is 22.2 Å². The van der Waals surface area contributed by atoms with Gasteiger partial charge in [0, 0.05) is 50.2 Å². The predicted octanol–water partition coefficient (Wildman–Crippen LogP) is 1.92. The minimum absolute atomic E-state index is 0.141. The number of sulfonamides is 1. The number of aryl methyl sites for hydroxylation is 1. The molecule has 0 saturated heterocycles. The van der Waals surface area contributed by atoms with Crippen LogP contribution in [0.2, 0.25) is 0 Å². The van der Waals surface area contributed by atoms with Crippen LogP contribution in [0.5, 0.6) is 0 Å². The second-order valence-corrected chi connectivity index (χ2v) is 10.3. The van der Waals surface area contributed by atoms with Crippen LogP contribution in [0.3, 0.4) is 0 Å². The number of imidazole rings is 1. The summed E-state index contributed by atoms with van der Waals surface area (Å²) in [4.78, 5) is 26.0. The molecule has 0 atom stereocenters. The maximum atomic E-state index is 13.4. The highest BCUT2D eigenvalue weighted by molar-refractivity contribution is 7.89. The van der Waals surface area contributed by atoms with Gasteiger partial charge in [-0.05, 0) is 31.5 Å². The largest absolute Gasteiger partial charge is 0.347 e. The van der Waals surface area contributed by atoms with Crippen LogP contribution < -0.4 is 5.32 Å². The van der Waals surface area contributed by atoms with Crippen molar-refractivity contribution in [3.05, 3.63) is 71.5 Å². The summed E-state index contributed by atoms with van der Waals surface area (Å²) in [5, 5.41) is 3.77. The Morgan fingerprint density at radius 1 is 1.18 bits per heavy atom. The molecule has 1 aliphatic heterocycles. The molecular weight excluding hydrogens is 454 g/mol. The quantitative estimate of drug-likeness (QED) is 0.468. The Bertz CT molecular complexity index is 1520. The molecule has 1 aliphatic rings. The van der Waals surface area contributed by atoms with Gasteiger partial charge in [0.15, 0.2) is 0 Å². The Morgan fingerprint density at radius 3 is 2.82 bits per heavy atom. The minimum atomic E-state index is -3.77. The van der Waals surface area contributed by atoms with Crippen LogP contribution in [0.1, 0.15) is 33.3 Å². The molecule has 3 aromatic heterocycles. The van der Waals surface area contributed by atoms with Crippen molar-refractivity contribution in [3.63, 3.8) is 0 Å². The lowest BCUT2D eigenvalue weighted by atomic mass is 10.1. The Kier molecular flexibility index (Phi) is 5.45. The fourth-order valence-corrected chi connectivity index (χ4v) is 5.96. The summed E-state index contributed by atoms with van der Waals surface area (Å²) in [6, 6.07) is 7.16. The molecule has 0 saturated carbocycles. The number of nitrogens with one attached hydrogen (secondary N) is 1. The number of carbonyl (C=O) groups is 1. The Morgan fingerprint density at radius 2 is 2.00 bits per heavy atom. The normalized spacial score (nSPS) is 14.3. The zero-order chi connectivity index (χ0) is 24.0. The minimum Gasteiger partial charge on any atom is -0.347 e. The molecule has 0 aliphatic carbocycles. The van der Waals surface area contributed by atoms with Gasteiger partial charge in [0.2, 0.25) is 10.0 Å². The summed E-state index contributed by atoms with van der Waals surface area (Å²) in [7, 11) is -2.08. The summed E-state index contributed by atoms with van der Waals surface area (Å²) in [6.45, 7) is 4.95. The van der Waals surface area contributed by atoms with Gasteiger partial charge in [0.05, 0.1) is 24.1 Å². The van der Waals surface area contributed by atoms with Gasteiger partial charge in [0.25, 0.3) is 5.91 Å². The van der Waals surface area contributed by atoms with Gasteiger partial charge in [-0.3, -0.25) is 4.79 Å². The first-order chi connectivity index (χ1) is 16.3. The van der Waals surface area contributed by atoms with E-state index in [-0.39, 0.29) is 29.6 Å². The molecule has 0 bridgehead atoms. The molecule has 4 heterocycles. The van der Waals surface area contributed by atoms with E-state index in [9.17, 15) is 13.2 Å². The molecule has 176 valence electrons. The molecule has 0 unspecified atom stereocenters. The highest BCUT2D eigenvalue weighted by Gasteiger charge is 2.32. The van der Waals surface area contributed by atoms with E-state index < -0.39 is 10.0 Å². The van der Waals surface area contributed by atoms with E-state index in [4.69, 9.17) is 0 Å². The SMILES string of the molecule is Cc1ncc2c(CNC(=O)c3cc(S(=O)(=O)N4CCn5cncc5C4)c(C)n3C)cccc2n1. The fraction of sp³-hybridized carbons (Fsp3) is 0.304. The van der Waals surface area contributed by atoms with Gasteiger partial charge >= 0.3 is 0 Å². The summed E-state index contributed by atoms with van der Waals surface area (Å²) in [5.74, 6) is 0.327. The number of nitrogens with zero attached hydrogens (tertiary/aromatic N) is 6. The monoisotopic (exact) mass is 479 g/mol. The summed E-state index contributed by atoms with van der Waals surface area (Å²) < 4.78 is 31.8. The van der Waals surface area contributed by atoms with Crippen molar-refractivity contribution in [2.45, 2.75) is 38.4 Å². The van der Waals surface area contributed by atoms with E-state index in [1.165, 1.54) is 10.4 Å². The van der Waals surface area contributed by atoms with Crippen molar-refractivity contribution in [2.24, 2.45) is 7.05 Å². The lowest BCUT2D eigenvalue weighted by Crippen LogP contribution is -2.38. The average molecular weight is 480 g/mol. The molecule has 0 fully saturated rings. The topological polar surface area (TPSA) is 115 Å². The molecule has 1 amide bonds. The van der Waals surface area contributed by atoms with Crippen LogP contribution >= 0.6 is 0 Å². The molecule has 0 spiro atoms. The van der Waals surface area contributed by atoms with E-state index in [2.05, 4.69) is 20.3 Å². The van der Waals surface area contributed by atoms with E-state index in [0.29, 0.717) is 24.6 Å². The maximum absolute atomic E-state index is 13.4. The first-order valence-electron chi connectivity index (χ1n) is 10.9. The lowest BCUT2D eigenvalue weighted by Gasteiger charge is -2.27. The third kappa shape index (κ3) is 3.76. The molecule has 10 nitrogen and oxygen atoms in total. The van der Waals surface area contributed by atoms with Crippen molar-refractivity contribution in [3.8, 4) is 0 Å². The highest BCUT2D eigenvalue weighted by atomic mass is 32.2. The number of amides is 1. The number of aromatic nitrogens is 5. The van der Waals surface area contributed by atoms with Crippen molar-refractivity contribution < 1.29 is 13.2 Å². The Balaban J connectivity index is 1.38. The van der Waals surface area contributed by atoms with Gasteiger partial charge in [-0.15, -0.1) is 0 Å². The third-order valence-electron chi connectivity index (χ3n) is 6.34. The molecule has 4 aromatic rings. The van der Waals surface area contributed by atoms with Crippen LogP contribution in [0, 0.1) is 13.8 Å². The van der Waals surface area contributed by atoms with Gasteiger partial charge in [0.1, 0.15) is 16.4 Å². The molecule has 5 rings (SSSR count). The highest BCUT2D eigenvalue weighted by Crippen LogP contribution is 2.26. The summed E-state index contributed by atoms with van der Waals surface area (Å²) in [5.41, 5.74) is 3.33. The smallest absolute Gasteiger partial charge is 0.268 e. The molecule has 11 heteroatoms. The van der Waals surface area contributed by atoms with E-state index >= 15 is 0 Å². The standard InChI is InChI=1S/C23H25N7O3S/c1-15-22(34(32,33)30-8-7-29-14-24-11-18(29)13-30)9-21(28(15)3)23(31)26-10-17-5-4-6-20-19(17)12-25-16(2)27-20/h4-6,9,11-12,14H,7-8,10,13H2,1-3H3,(H,26,31). The molecule has 0 radical (unpaired) electrons. The van der Waals surface area contributed by atoms with Crippen LogP contribution in [-0.4, -0.2) is 49.3 Å². The Hall–Kier alpha value is -3.57. The van der Waals surface area contributed by atoms with Gasteiger partial charge in [-0.1, -0.05) is 12.1 Å². The molecular formula is C23H25N7O3S. The number of hydrogen-bond donors (Lipinski definition) is 1. The van der Waals surface area contributed by atoms with E-state index in [1.807, 2.05) is 29.7 Å². The Labute approximate surface area is 197 Å². The van der Waals surface area contributed by atoms with Gasteiger partial charge in [-0.25, -0.2) is 23.4 Å². The molecule has 1 N–H and O–H groups in total. The number of carbonyl (C=O) groups excluding carboxylic acids is 1.